The van der Waals surface area contributed by atoms with E-state index in [1.807, 2.05) is 18.2 Å². The first kappa shape index (κ1) is 40.1. The van der Waals surface area contributed by atoms with Gasteiger partial charge in [-0.2, -0.15) is 0 Å². The molecule has 0 aliphatic heterocycles. The minimum atomic E-state index is -1.64. The summed E-state index contributed by atoms with van der Waals surface area (Å²) in [6, 6.07) is 86.1. The van der Waals surface area contributed by atoms with Crippen molar-refractivity contribution in [2.45, 2.75) is 25.1 Å². The molecule has 10 aromatic rings. The molecule has 0 saturated carbocycles. The lowest BCUT2D eigenvalue weighted by Gasteiger charge is -2.35. The van der Waals surface area contributed by atoms with Crippen LogP contribution in [0, 0.1) is 0 Å². The lowest BCUT2D eigenvalue weighted by Crippen LogP contribution is -2.39. The third kappa shape index (κ3) is 7.34. The smallest absolute Gasteiger partial charge is 0.160 e. The summed E-state index contributed by atoms with van der Waals surface area (Å²) < 4.78 is 0. The topological polar surface area (TPSA) is 25.8 Å². The summed E-state index contributed by atoms with van der Waals surface area (Å²) >= 11 is 0. The molecule has 0 N–H and O–H groups in total. The number of fused-ring (bicyclic) bond motifs is 3. The van der Waals surface area contributed by atoms with Crippen molar-refractivity contribution < 1.29 is 0 Å². The molecule has 0 amide bonds. The third-order valence-electron chi connectivity index (χ3n) is 13.2. The van der Waals surface area contributed by atoms with Crippen LogP contribution in [0.4, 0.5) is 0 Å². The summed E-state index contributed by atoms with van der Waals surface area (Å²) in [5.41, 5.74) is 19.2. The zero-order valence-corrected chi connectivity index (χ0v) is 37.9. The number of benzene rings is 9. The van der Waals surface area contributed by atoms with Crippen LogP contribution in [0.1, 0.15) is 22.3 Å². The largest absolute Gasteiger partial charge is 0.228 e. The summed E-state index contributed by atoms with van der Waals surface area (Å²) in [5.74, 6) is 0.701. The summed E-state index contributed by atoms with van der Waals surface area (Å²) in [4.78, 5) is 10.4. The molecule has 1 aliphatic carbocycles. The molecular weight excluding hydrogens is 801 g/mol. The van der Waals surface area contributed by atoms with E-state index >= 15 is 0 Å². The van der Waals surface area contributed by atoms with Gasteiger partial charge in [-0.05, 0) is 91.0 Å². The maximum Gasteiger partial charge on any atom is 0.160 e. The maximum absolute atomic E-state index is 5.25. The second-order valence-corrected chi connectivity index (χ2v) is 23.3. The van der Waals surface area contributed by atoms with Crippen molar-refractivity contribution >= 4 is 13.3 Å². The Bertz CT molecular complexity index is 3280. The quantitative estimate of drug-likeness (QED) is 0.135. The monoisotopic (exact) mass is 848 g/mol. The van der Waals surface area contributed by atoms with Crippen molar-refractivity contribution in [1.82, 2.24) is 9.97 Å². The van der Waals surface area contributed by atoms with E-state index in [-0.39, 0.29) is 0 Å². The number of rotatable bonds is 9. The van der Waals surface area contributed by atoms with E-state index in [0.29, 0.717) is 5.82 Å². The molecule has 0 radical (unpaired) electrons. The van der Waals surface area contributed by atoms with Gasteiger partial charge < -0.3 is 0 Å². The molecule has 65 heavy (non-hydrogen) atoms. The average molecular weight is 849 g/mol. The van der Waals surface area contributed by atoms with Crippen LogP contribution in [-0.4, -0.2) is 18.0 Å². The number of hydrogen-bond donors (Lipinski definition) is 0. The molecule has 0 spiro atoms. The lowest BCUT2D eigenvalue weighted by molar-refractivity contribution is 0.769. The lowest BCUT2D eigenvalue weighted by atomic mass is 9.67. The molecule has 0 unspecified atom stereocenters. The highest BCUT2D eigenvalue weighted by molar-refractivity contribution is 6.88. The predicted molar refractivity (Wildman–Crippen MR) is 275 cm³/mol. The average Bonchev–Trinajstić information content (AvgIpc) is 3.67. The van der Waals surface area contributed by atoms with E-state index in [0.717, 1.165) is 39.2 Å². The van der Waals surface area contributed by atoms with E-state index in [2.05, 4.69) is 238 Å². The fraction of sp³-hybridized carbons (Fsp3) is 0.0645. The van der Waals surface area contributed by atoms with Gasteiger partial charge in [-0.3, -0.25) is 0 Å². The van der Waals surface area contributed by atoms with Gasteiger partial charge >= 0.3 is 0 Å². The van der Waals surface area contributed by atoms with Gasteiger partial charge in [0.1, 0.15) is 0 Å². The van der Waals surface area contributed by atoms with Crippen LogP contribution in [-0.2, 0) is 5.41 Å². The van der Waals surface area contributed by atoms with Gasteiger partial charge in [0.25, 0.3) is 0 Å². The molecule has 0 bridgehead atoms. The Morgan fingerprint density at radius 2 is 0.708 bits per heavy atom. The van der Waals surface area contributed by atoms with Crippen molar-refractivity contribution in [3.63, 3.8) is 0 Å². The highest BCUT2D eigenvalue weighted by Crippen LogP contribution is 2.56. The first-order chi connectivity index (χ1) is 31.8. The van der Waals surface area contributed by atoms with E-state index in [9.17, 15) is 0 Å². The molecular formula is C62H48N2Si. The molecule has 9 aromatic carbocycles. The van der Waals surface area contributed by atoms with E-state index in [1.54, 1.807) is 0 Å². The molecule has 0 atom stereocenters. The van der Waals surface area contributed by atoms with Crippen LogP contribution in [0.5, 0.6) is 0 Å². The van der Waals surface area contributed by atoms with Crippen LogP contribution in [0.25, 0.3) is 78.4 Å². The normalized spacial score (nSPS) is 12.7. The molecule has 1 heterocycles. The van der Waals surface area contributed by atoms with E-state index < -0.39 is 13.5 Å². The van der Waals surface area contributed by atoms with Crippen molar-refractivity contribution in [2.24, 2.45) is 0 Å². The van der Waals surface area contributed by atoms with Gasteiger partial charge in [0, 0.05) is 16.7 Å². The van der Waals surface area contributed by atoms with Gasteiger partial charge in [0.2, 0.25) is 0 Å². The summed E-state index contributed by atoms with van der Waals surface area (Å²) in [6.07, 6.45) is 0. The SMILES string of the molecule is C[Si](C)(C)c1ccc2c(c1)C(c1ccccc1)(c1ccccc1)c1cc(-c3cccc(-c4cc(-c5ccc(-c6cccc(-c7ccccc7)c6)cc5)nc(-c5ccccc5)n4)c3)ccc1-2. The van der Waals surface area contributed by atoms with Crippen LogP contribution in [0.2, 0.25) is 19.6 Å². The van der Waals surface area contributed by atoms with Crippen LogP contribution in [0.15, 0.2) is 237 Å². The van der Waals surface area contributed by atoms with Gasteiger partial charge in [-0.15, -0.1) is 0 Å². The number of aromatic nitrogens is 2. The minimum Gasteiger partial charge on any atom is -0.228 e. The Labute approximate surface area is 383 Å². The summed E-state index contributed by atoms with van der Waals surface area (Å²) in [5, 5.41) is 1.47. The first-order valence-electron chi connectivity index (χ1n) is 22.6. The maximum atomic E-state index is 5.25. The van der Waals surface area contributed by atoms with Gasteiger partial charge in [-0.25, -0.2) is 9.97 Å². The number of hydrogen-bond acceptors (Lipinski definition) is 2. The van der Waals surface area contributed by atoms with Crippen molar-refractivity contribution in [1.29, 1.82) is 0 Å². The van der Waals surface area contributed by atoms with Gasteiger partial charge in [0.15, 0.2) is 5.82 Å². The van der Waals surface area contributed by atoms with Crippen molar-refractivity contribution in [3.05, 3.63) is 259 Å². The van der Waals surface area contributed by atoms with E-state index in [4.69, 9.17) is 9.97 Å². The Morgan fingerprint density at radius 3 is 1.29 bits per heavy atom. The zero-order valence-electron chi connectivity index (χ0n) is 36.9. The highest BCUT2D eigenvalue weighted by Gasteiger charge is 2.46. The van der Waals surface area contributed by atoms with E-state index in [1.165, 1.54) is 60.8 Å². The fourth-order valence-electron chi connectivity index (χ4n) is 9.79. The fourth-order valence-corrected chi connectivity index (χ4v) is 11.0. The van der Waals surface area contributed by atoms with Crippen LogP contribution < -0.4 is 5.19 Å². The first-order valence-corrected chi connectivity index (χ1v) is 26.1. The Morgan fingerprint density at radius 1 is 0.308 bits per heavy atom. The Balaban J connectivity index is 1.02. The molecule has 310 valence electrons. The van der Waals surface area contributed by atoms with Crippen molar-refractivity contribution in [2.75, 3.05) is 0 Å². The molecule has 3 heteroatoms. The molecule has 0 saturated heterocycles. The molecule has 11 rings (SSSR count). The molecule has 0 fully saturated rings. The Kier molecular flexibility index (Phi) is 10.1. The van der Waals surface area contributed by atoms with Gasteiger partial charge in [-0.1, -0.05) is 237 Å². The minimum absolute atomic E-state index is 0.483. The third-order valence-corrected chi connectivity index (χ3v) is 15.2. The summed E-state index contributed by atoms with van der Waals surface area (Å²) in [6.45, 7) is 7.34. The van der Waals surface area contributed by atoms with Gasteiger partial charge in [0.05, 0.1) is 24.9 Å². The Hall–Kier alpha value is -7.72. The van der Waals surface area contributed by atoms with Crippen molar-refractivity contribution in [3.8, 4) is 78.4 Å². The molecule has 2 nitrogen and oxygen atoms in total. The van der Waals surface area contributed by atoms with Crippen LogP contribution in [0.3, 0.4) is 0 Å². The highest BCUT2D eigenvalue weighted by atomic mass is 28.3. The molecule has 1 aliphatic rings. The zero-order chi connectivity index (χ0) is 44.0. The second-order valence-electron chi connectivity index (χ2n) is 18.2. The second kappa shape index (κ2) is 16.4. The number of nitrogens with zero attached hydrogens (tertiary/aromatic N) is 2. The predicted octanol–water partition coefficient (Wildman–Crippen LogP) is 15.4. The standard InChI is InChI=1S/C62H48N2Si/c1-65(2,3)54-35-37-56-55-36-34-50(40-57(55)62(58(56)41-54,52-26-12-6-13-27-52)53-28-14-7-15-29-53)49-24-17-25-51(39-49)60-42-59(63-61(64-60)46-20-10-5-11-21-46)45-32-30-44(31-33-45)48-23-16-22-47(38-48)43-18-8-4-9-19-43/h4-42H,1-3H3. The summed E-state index contributed by atoms with van der Waals surface area (Å²) in [7, 11) is -1.64. The molecule has 1 aromatic heterocycles. The van der Waals surface area contributed by atoms with Crippen LogP contribution >= 0.6 is 0 Å².